The Labute approximate surface area is 113 Å². The molecule has 0 radical (unpaired) electrons. The van der Waals surface area contributed by atoms with Gasteiger partial charge in [0.25, 0.3) is 0 Å². The first-order valence-corrected chi connectivity index (χ1v) is 7.41. The van der Waals surface area contributed by atoms with Gasteiger partial charge in [-0.25, -0.2) is 0 Å². The van der Waals surface area contributed by atoms with E-state index in [2.05, 4.69) is 13.8 Å². The maximum atomic E-state index is 5.78. The lowest BCUT2D eigenvalue weighted by molar-refractivity contribution is -0.0794. The lowest BCUT2D eigenvalue weighted by atomic mass is 10.2. The van der Waals surface area contributed by atoms with Crippen LogP contribution in [0.4, 0.5) is 0 Å². The molecule has 2 atom stereocenters. The van der Waals surface area contributed by atoms with Crippen LogP contribution in [-0.2, 0) is 14.2 Å². The molecule has 0 saturated heterocycles. The largest absolute Gasteiger partial charge is 0.379 e. The molecule has 0 aromatic carbocycles. The number of rotatable bonds is 12. The molecular formula is C15H32O3. The minimum Gasteiger partial charge on any atom is -0.379 e. The van der Waals surface area contributed by atoms with Gasteiger partial charge < -0.3 is 14.2 Å². The highest BCUT2D eigenvalue weighted by Crippen LogP contribution is 2.03. The summed E-state index contributed by atoms with van der Waals surface area (Å²) >= 11 is 0. The average Bonchev–Trinajstić information content (AvgIpc) is 2.31. The van der Waals surface area contributed by atoms with Crippen molar-refractivity contribution < 1.29 is 14.2 Å². The first-order chi connectivity index (χ1) is 8.56. The van der Waals surface area contributed by atoms with Crippen LogP contribution in [0, 0.1) is 0 Å². The molecular weight excluding hydrogens is 228 g/mol. The number of hydrogen-bond acceptors (Lipinski definition) is 3. The zero-order valence-electron chi connectivity index (χ0n) is 12.9. The van der Waals surface area contributed by atoms with E-state index in [0.717, 1.165) is 13.0 Å². The summed E-state index contributed by atoms with van der Waals surface area (Å²) < 4.78 is 16.9. The van der Waals surface area contributed by atoms with Gasteiger partial charge in [-0.1, -0.05) is 26.2 Å². The molecule has 0 aliphatic rings. The van der Waals surface area contributed by atoms with Gasteiger partial charge in [-0.3, -0.25) is 0 Å². The molecule has 0 saturated carbocycles. The second kappa shape index (κ2) is 11.9. The van der Waals surface area contributed by atoms with E-state index in [1.165, 1.54) is 19.3 Å². The molecule has 2 unspecified atom stereocenters. The molecule has 0 bridgehead atoms. The van der Waals surface area contributed by atoms with E-state index >= 15 is 0 Å². The van der Waals surface area contributed by atoms with Crippen LogP contribution < -0.4 is 0 Å². The Morgan fingerprint density at radius 1 is 0.833 bits per heavy atom. The molecule has 0 aliphatic carbocycles. The van der Waals surface area contributed by atoms with Crippen LogP contribution >= 0.6 is 0 Å². The number of ether oxygens (including phenoxy) is 3. The molecule has 0 aromatic heterocycles. The van der Waals surface area contributed by atoms with Crippen LogP contribution in [-0.4, -0.2) is 38.1 Å². The van der Waals surface area contributed by atoms with Gasteiger partial charge in [-0.05, 0) is 34.1 Å². The van der Waals surface area contributed by atoms with E-state index in [-0.39, 0.29) is 18.3 Å². The van der Waals surface area contributed by atoms with Gasteiger partial charge >= 0.3 is 0 Å². The van der Waals surface area contributed by atoms with E-state index in [4.69, 9.17) is 14.2 Å². The first-order valence-electron chi connectivity index (χ1n) is 7.41. The molecule has 3 nitrogen and oxygen atoms in total. The van der Waals surface area contributed by atoms with Crippen molar-refractivity contribution >= 4 is 0 Å². The Balaban J connectivity index is 3.38. The van der Waals surface area contributed by atoms with Crippen molar-refractivity contribution in [3.8, 4) is 0 Å². The van der Waals surface area contributed by atoms with E-state index in [9.17, 15) is 0 Å². The van der Waals surface area contributed by atoms with E-state index in [0.29, 0.717) is 13.2 Å². The second-order valence-electron chi connectivity index (χ2n) is 5.27. The zero-order chi connectivity index (χ0) is 13.8. The number of unbranched alkanes of at least 4 members (excludes halogenated alkanes) is 3. The topological polar surface area (TPSA) is 27.7 Å². The second-order valence-corrected chi connectivity index (χ2v) is 5.27. The highest BCUT2D eigenvalue weighted by molar-refractivity contribution is 4.55. The Morgan fingerprint density at radius 3 is 2.11 bits per heavy atom. The predicted molar refractivity (Wildman–Crippen MR) is 76.1 cm³/mol. The summed E-state index contributed by atoms with van der Waals surface area (Å²) in [7, 11) is 0. The van der Waals surface area contributed by atoms with Crippen LogP contribution in [0.25, 0.3) is 0 Å². The summed E-state index contributed by atoms with van der Waals surface area (Å²) in [6.07, 6.45) is 5.54. The third kappa shape index (κ3) is 12.3. The van der Waals surface area contributed by atoms with E-state index in [1.54, 1.807) is 0 Å². The molecule has 0 aromatic rings. The predicted octanol–water partition coefficient (Wildman–Crippen LogP) is 3.80. The molecule has 0 fully saturated rings. The standard InChI is InChI=1S/C15H32O3/c1-6-7-8-9-10-16-11-14(4)18-15(5)12-17-13(2)3/h13-15H,6-12H2,1-5H3. The van der Waals surface area contributed by atoms with Crippen LogP contribution in [0.15, 0.2) is 0 Å². The lowest BCUT2D eigenvalue weighted by Crippen LogP contribution is -2.26. The first kappa shape index (κ1) is 17.9. The number of hydrogen-bond donors (Lipinski definition) is 0. The van der Waals surface area contributed by atoms with Crippen molar-refractivity contribution in [1.82, 2.24) is 0 Å². The van der Waals surface area contributed by atoms with Crippen LogP contribution in [0.5, 0.6) is 0 Å². The minimum atomic E-state index is 0.131. The summed E-state index contributed by atoms with van der Waals surface area (Å²) in [6, 6.07) is 0. The normalized spacial score (nSPS) is 15.0. The monoisotopic (exact) mass is 260 g/mol. The molecule has 0 heterocycles. The molecule has 110 valence electrons. The fraction of sp³-hybridized carbons (Fsp3) is 1.00. The maximum absolute atomic E-state index is 5.78. The Hall–Kier alpha value is -0.120. The van der Waals surface area contributed by atoms with Crippen molar-refractivity contribution in [2.24, 2.45) is 0 Å². The fourth-order valence-electron chi connectivity index (χ4n) is 1.68. The summed E-state index contributed by atoms with van der Waals surface area (Å²) in [5.41, 5.74) is 0. The maximum Gasteiger partial charge on any atom is 0.0785 e. The smallest absolute Gasteiger partial charge is 0.0785 e. The van der Waals surface area contributed by atoms with Gasteiger partial charge in [0.1, 0.15) is 0 Å². The van der Waals surface area contributed by atoms with Gasteiger partial charge in [-0.15, -0.1) is 0 Å². The quantitative estimate of drug-likeness (QED) is 0.499. The van der Waals surface area contributed by atoms with Crippen LogP contribution in [0.3, 0.4) is 0 Å². The van der Waals surface area contributed by atoms with Gasteiger partial charge in [0, 0.05) is 6.61 Å². The highest BCUT2D eigenvalue weighted by atomic mass is 16.6. The lowest BCUT2D eigenvalue weighted by Gasteiger charge is -2.20. The van der Waals surface area contributed by atoms with Crippen molar-refractivity contribution in [3.63, 3.8) is 0 Å². The van der Waals surface area contributed by atoms with E-state index in [1.807, 2.05) is 20.8 Å². The van der Waals surface area contributed by atoms with Gasteiger partial charge in [0.15, 0.2) is 0 Å². The average molecular weight is 260 g/mol. The van der Waals surface area contributed by atoms with Gasteiger partial charge in [0.2, 0.25) is 0 Å². The summed E-state index contributed by atoms with van der Waals surface area (Å²) in [5, 5.41) is 0. The van der Waals surface area contributed by atoms with Crippen molar-refractivity contribution in [2.75, 3.05) is 19.8 Å². The summed E-state index contributed by atoms with van der Waals surface area (Å²) in [5.74, 6) is 0. The SMILES string of the molecule is CCCCCCOCC(C)OC(C)COC(C)C. The molecule has 3 heteroatoms. The minimum absolute atomic E-state index is 0.131. The van der Waals surface area contributed by atoms with Gasteiger partial charge in [0.05, 0.1) is 31.5 Å². The molecule has 0 aliphatic heterocycles. The zero-order valence-corrected chi connectivity index (χ0v) is 12.9. The molecule has 0 N–H and O–H groups in total. The molecule has 0 amide bonds. The molecule has 0 spiro atoms. The van der Waals surface area contributed by atoms with Gasteiger partial charge in [-0.2, -0.15) is 0 Å². The Morgan fingerprint density at radius 2 is 1.50 bits per heavy atom. The third-order valence-electron chi connectivity index (χ3n) is 2.62. The molecule has 18 heavy (non-hydrogen) atoms. The third-order valence-corrected chi connectivity index (χ3v) is 2.62. The van der Waals surface area contributed by atoms with E-state index < -0.39 is 0 Å². The van der Waals surface area contributed by atoms with Crippen LogP contribution in [0.1, 0.15) is 60.3 Å². The summed E-state index contributed by atoms with van der Waals surface area (Å²) in [6.45, 7) is 12.6. The summed E-state index contributed by atoms with van der Waals surface area (Å²) in [4.78, 5) is 0. The van der Waals surface area contributed by atoms with Crippen molar-refractivity contribution in [3.05, 3.63) is 0 Å². The molecule has 0 rings (SSSR count). The Bertz CT molecular complexity index is 171. The van der Waals surface area contributed by atoms with Crippen molar-refractivity contribution in [2.45, 2.75) is 78.6 Å². The fourth-order valence-corrected chi connectivity index (χ4v) is 1.68. The van der Waals surface area contributed by atoms with Crippen molar-refractivity contribution in [1.29, 1.82) is 0 Å². The highest BCUT2D eigenvalue weighted by Gasteiger charge is 2.09. The van der Waals surface area contributed by atoms with Crippen LogP contribution in [0.2, 0.25) is 0 Å². The Kier molecular flexibility index (Phi) is 11.9.